The zero-order chi connectivity index (χ0) is 54.7. The molecule has 77 heavy (non-hydrogen) atoms. The molecule has 2 saturated carbocycles. The SMILES string of the molecule is COC1=C(O[C@H]2C[C@H](OC)[C@@H](O[C@H]3C[C@@H](OC)[C@H](O[C@@H]4O[C@H](C)[C@@H](O[C@@H]5O[C@H](CO)[C@H](O)[C@H](O)[C@H]5O)[C@H](OC)[C@H]4O)[C@@H](C)O3)[C@H](C)O2)[C@@H](C)O[C@@H](O[C@H]2CC[C@@]3(C)C(=CC[C@@H]4[C@@H]3CC[C@]3(C)[C@@H]5[C@H]6CO[C@]5(C)O[C@@]43O6)C2)C1. The first-order valence-electron chi connectivity index (χ1n) is 28.2. The van der Waals surface area contributed by atoms with Gasteiger partial charge in [0.2, 0.25) is 6.29 Å². The van der Waals surface area contributed by atoms with Gasteiger partial charge in [-0.1, -0.05) is 25.5 Å². The Morgan fingerprint density at radius 1 is 0.649 bits per heavy atom. The number of allylic oxidation sites excluding steroid dienone is 1. The number of aliphatic hydroxyl groups excluding tert-OH is 5. The topological polar surface area (TPSA) is 258 Å². The number of hydrogen-bond acceptors (Lipinski definition) is 22. The lowest BCUT2D eigenvalue weighted by Gasteiger charge is -2.59. The molecule has 9 fully saturated rings. The number of hydrogen-bond donors (Lipinski definition) is 5. The highest BCUT2D eigenvalue weighted by atomic mass is 16.8. The number of aliphatic hydroxyl groups is 5. The summed E-state index contributed by atoms with van der Waals surface area (Å²) in [5.41, 5.74) is 1.48. The summed E-state index contributed by atoms with van der Waals surface area (Å²) < 4.78 is 107. The Morgan fingerprint density at radius 2 is 1.32 bits per heavy atom. The Bertz CT molecular complexity index is 2150. The van der Waals surface area contributed by atoms with Crippen molar-refractivity contribution >= 4 is 0 Å². The van der Waals surface area contributed by atoms with Crippen LogP contribution in [0, 0.1) is 28.6 Å². The van der Waals surface area contributed by atoms with Crippen LogP contribution in [0.25, 0.3) is 0 Å². The average Bonchev–Trinajstić information content (AvgIpc) is 3.94. The summed E-state index contributed by atoms with van der Waals surface area (Å²) in [5, 5.41) is 52.4. The summed E-state index contributed by atoms with van der Waals surface area (Å²) in [6.45, 7) is 14.3. The molecule has 0 amide bonds. The highest BCUT2D eigenvalue weighted by Crippen LogP contribution is 2.76. The Balaban J connectivity index is 0.671. The van der Waals surface area contributed by atoms with Crippen LogP contribution < -0.4 is 0 Å². The van der Waals surface area contributed by atoms with E-state index in [1.807, 2.05) is 20.8 Å². The highest BCUT2D eigenvalue weighted by molar-refractivity contribution is 5.30. The molecule has 11 rings (SSSR count). The van der Waals surface area contributed by atoms with Gasteiger partial charge in [-0.3, -0.25) is 0 Å². The molecule has 0 aromatic carbocycles. The number of rotatable bonds is 15. The van der Waals surface area contributed by atoms with E-state index in [0.29, 0.717) is 36.9 Å². The predicted molar refractivity (Wildman–Crippen MR) is 263 cm³/mol. The summed E-state index contributed by atoms with van der Waals surface area (Å²) in [5.74, 6) is 1.06. The van der Waals surface area contributed by atoms with Gasteiger partial charge < -0.3 is 106 Å². The van der Waals surface area contributed by atoms with Gasteiger partial charge >= 0.3 is 0 Å². The second kappa shape index (κ2) is 21.8. The molecule has 0 radical (unpaired) electrons. The number of ether oxygens (including phenoxy) is 17. The first-order valence-corrected chi connectivity index (χ1v) is 28.2. The molecular formula is C55H86O22. The molecule has 438 valence electrons. The van der Waals surface area contributed by atoms with E-state index >= 15 is 0 Å². The van der Waals surface area contributed by atoms with Crippen molar-refractivity contribution in [2.45, 2.75) is 253 Å². The summed E-state index contributed by atoms with van der Waals surface area (Å²) in [4.78, 5) is 0. The summed E-state index contributed by atoms with van der Waals surface area (Å²) in [6, 6.07) is 0. The molecule has 3 aliphatic carbocycles. The zero-order valence-electron chi connectivity index (χ0n) is 46.5. The van der Waals surface area contributed by atoms with Gasteiger partial charge in [0, 0.05) is 45.5 Å². The van der Waals surface area contributed by atoms with E-state index in [4.69, 9.17) is 80.5 Å². The molecule has 8 heterocycles. The summed E-state index contributed by atoms with van der Waals surface area (Å²) in [6.07, 6.45) is -9.36. The highest BCUT2D eigenvalue weighted by Gasteiger charge is 2.83. The second-order valence-electron chi connectivity index (χ2n) is 24.3. The molecule has 22 nitrogen and oxygen atoms in total. The van der Waals surface area contributed by atoms with E-state index in [9.17, 15) is 25.5 Å². The smallest absolute Gasteiger partial charge is 0.202 e. The van der Waals surface area contributed by atoms with Gasteiger partial charge in [-0.05, 0) is 84.5 Å². The fourth-order valence-electron chi connectivity index (χ4n) is 16.1. The molecule has 0 aromatic heterocycles. The minimum atomic E-state index is -1.66. The van der Waals surface area contributed by atoms with E-state index in [0.717, 1.165) is 38.5 Å². The van der Waals surface area contributed by atoms with Gasteiger partial charge in [-0.25, -0.2) is 0 Å². The standard InChI is InChI=1S/C55H86O22/c1-24-44(32(61-8)19-37(66-24)70-29-14-16-52(5)28(18-29)12-13-31-30(52)15-17-53(6)49-36-23-65-54(49,7)77-55(31,53)76-36)72-38-20-33(62-9)45(25(2)67-38)73-39-21-34(63-10)46(26(3)68-39)74-51-43(60)48(64-11)47(27(4)69-51)75-50-42(59)41(58)40(57)35(22-56)71-50/h12,24-27,29-31,33-43,45-51,56-60H,13-23H2,1-11H3/t24-,25+,26-,27-,29+,30+,31-,33+,34-,35-,36-,37+,38+,39+,40+,41+,42-,43-,45+,46-,47-,48-,49+,50+,51+,52+,53-,54-,55+/m1/s1. The monoisotopic (exact) mass is 1100 g/mol. The minimum Gasteiger partial charge on any atom is -0.497 e. The van der Waals surface area contributed by atoms with Crippen LogP contribution >= 0.6 is 0 Å². The lowest BCUT2D eigenvalue weighted by Crippen LogP contribution is -2.65. The molecule has 8 aliphatic heterocycles. The first-order chi connectivity index (χ1) is 36.7. The van der Waals surface area contributed by atoms with Gasteiger partial charge in [0.15, 0.2) is 42.5 Å². The van der Waals surface area contributed by atoms with Crippen LogP contribution in [0.3, 0.4) is 0 Å². The zero-order valence-corrected chi connectivity index (χ0v) is 46.5. The van der Waals surface area contributed by atoms with Crippen LogP contribution in [-0.4, -0.2) is 214 Å². The van der Waals surface area contributed by atoms with E-state index in [-0.39, 0.29) is 41.3 Å². The van der Waals surface area contributed by atoms with Crippen LogP contribution in [0.2, 0.25) is 0 Å². The maximum Gasteiger partial charge on any atom is 0.202 e. The maximum atomic E-state index is 11.5. The van der Waals surface area contributed by atoms with E-state index in [1.54, 1.807) is 28.3 Å². The fourth-order valence-corrected chi connectivity index (χ4v) is 16.1. The third kappa shape index (κ3) is 9.58. The third-order valence-electron chi connectivity index (χ3n) is 20.0. The van der Waals surface area contributed by atoms with E-state index < -0.39 is 141 Å². The second-order valence-corrected chi connectivity index (χ2v) is 24.3. The van der Waals surface area contributed by atoms with E-state index in [2.05, 4.69) is 26.8 Å². The van der Waals surface area contributed by atoms with Crippen LogP contribution in [0.5, 0.6) is 0 Å². The maximum absolute atomic E-state index is 11.5. The minimum absolute atomic E-state index is 0.00229. The van der Waals surface area contributed by atoms with Gasteiger partial charge in [0.05, 0.1) is 75.4 Å². The summed E-state index contributed by atoms with van der Waals surface area (Å²) in [7, 11) is 6.20. The van der Waals surface area contributed by atoms with Gasteiger partial charge in [0.25, 0.3) is 0 Å². The Hall–Kier alpha value is -1.72. The number of fused-ring (bicyclic) bond motifs is 3. The molecule has 0 spiro atoms. The van der Waals surface area contributed by atoms with Gasteiger partial charge in [-0.15, -0.1) is 0 Å². The molecule has 0 unspecified atom stereocenters. The Labute approximate surface area is 451 Å². The molecule has 2 bridgehead atoms. The molecule has 22 heteroatoms. The van der Waals surface area contributed by atoms with Crippen LogP contribution in [0.4, 0.5) is 0 Å². The van der Waals surface area contributed by atoms with Crippen molar-refractivity contribution in [2.75, 3.05) is 41.7 Å². The molecular weight excluding hydrogens is 1010 g/mol. The van der Waals surface area contributed by atoms with E-state index in [1.165, 1.54) is 12.7 Å². The van der Waals surface area contributed by atoms with Crippen molar-refractivity contribution in [1.82, 2.24) is 0 Å². The largest absolute Gasteiger partial charge is 0.497 e. The normalized spacial score (nSPS) is 54.3. The Kier molecular flexibility index (Phi) is 16.2. The van der Waals surface area contributed by atoms with Crippen molar-refractivity contribution in [2.24, 2.45) is 28.6 Å². The Morgan fingerprint density at radius 3 is 2.01 bits per heavy atom. The molecule has 11 aliphatic rings. The van der Waals surface area contributed by atoms with Crippen LogP contribution in [0.1, 0.15) is 106 Å². The van der Waals surface area contributed by atoms with Gasteiger partial charge in [0.1, 0.15) is 66.8 Å². The fraction of sp³-hybridized carbons (Fsp3) is 0.927. The van der Waals surface area contributed by atoms with Crippen LogP contribution in [-0.2, 0) is 80.5 Å². The molecule has 0 aromatic rings. The average molecular weight is 1100 g/mol. The first kappa shape index (κ1) is 57.1. The quantitative estimate of drug-likeness (QED) is 0.148. The third-order valence-corrected chi connectivity index (χ3v) is 20.0. The lowest BCUT2D eigenvalue weighted by atomic mass is 9.48. The molecule has 5 N–H and O–H groups in total. The van der Waals surface area contributed by atoms with Crippen LogP contribution in [0.15, 0.2) is 23.2 Å². The lowest BCUT2D eigenvalue weighted by molar-refractivity contribution is -0.373. The van der Waals surface area contributed by atoms with Crippen molar-refractivity contribution in [3.8, 4) is 0 Å². The molecule has 7 saturated heterocycles. The van der Waals surface area contributed by atoms with Crippen molar-refractivity contribution < 1.29 is 106 Å². The van der Waals surface area contributed by atoms with Gasteiger partial charge in [-0.2, -0.15) is 0 Å². The molecule has 29 atom stereocenters. The predicted octanol–water partition coefficient (Wildman–Crippen LogP) is 2.80. The van der Waals surface area contributed by atoms with Crippen molar-refractivity contribution in [1.29, 1.82) is 0 Å². The number of methoxy groups -OCH3 is 4. The summed E-state index contributed by atoms with van der Waals surface area (Å²) >= 11 is 0. The van der Waals surface area contributed by atoms with Crippen molar-refractivity contribution in [3.63, 3.8) is 0 Å². The van der Waals surface area contributed by atoms with Crippen molar-refractivity contribution in [3.05, 3.63) is 23.2 Å².